The van der Waals surface area contributed by atoms with Crippen LogP contribution in [0.3, 0.4) is 0 Å². The summed E-state index contributed by atoms with van der Waals surface area (Å²) in [5, 5.41) is 0. The van der Waals surface area contributed by atoms with Gasteiger partial charge in [-0.25, -0.2) is 0 Å². The molecular formula is C26H26O3. The van der Waals surface area contributed by atoms with Gasteiger partial charge in [-0.2, -0.15) is 0 Å². The van der Waals surface area contributed by atoms with Crippen LogP contribution < -0.4 is 0 Å². The Balaban J connectivity index is 1.39. The van der Waals surface area contributed by atoms with Crippen molar-refractivity contribution in [3.63, 3.8) is 0 Å². The zero-order chi connectivity index (χ0) is 19.7. The third-order valence-electron chi connectivity index (χ3n) is 4.95. The lowest BCUT2D eigenvalue weighted by molar-refractivity contribution is -0.0528. The van der Waals surface area contributed by atoms with E-state index in [-0.39, 0.29) is 12.2 Å². The van der Waals surface area contributed by atoms with Gasteiger partial charge in [0.2, 0.25) is 0 Å². The van der Waals surface area contributed by atoms with Gasteiger partial charge < -0.3 is 14.2 Å². The molecule has 1 aliphatic rings. The van der Waals surface area contributed by atoms with Crippen molar-refractivity contribution < 1.29 is 14.2 Å². The van der Waals surface area contributed by atoms with Crippen molar-refractivity contribution in [2.75, 3.05) is 6.61 Å². The van der Waals surface area contributed by atoms with Crippen LogP contribution in [0.15, 0.2) is 96.8 Å². The maximum absolute atomic E-state index is 6.23. The molecule has 0 radical (unpaired) electrons. The van der Waals surface area contributed by atoms with E-state index in [1.807, 2.05) is 54.6 Å². The summed E-state index contributed by atoms with van der Waals surface area (Å²) in [7, 11) is 0. The Kier molecular flexibility index (Phi) is 6.74. The highest BCUT2D eigenvalue weighted by Crippen LogP contribution is 2.29. The van der Waals surface area contributed by atoms with E-state index in [1.165, 1.54) is 0 Å². The molecule has 0 amide bonds. The van der Waals surface area contributed by atoms with E-state index in [2.05, 4.69) is 42.5 Å². The summed E-state index contributed by atoms with van der Waals surface area (Å²) < 4.78 is 18.4. The highest BCUT2D eigenvalue weighted by molar-refractivity contribution is 5.51. The fraction of sp³-hybridized carbons (Fsp3) is 0.231. The largest absolute Gasteiger partial charge is 0.489 e. The first-order valence-electron chi connectivity index (χ1n) is 10.1. The maximum Gasteiger partial charge on any atom is 0.148 e. The van der Waals surface area contributed by atoms with Gasteiger partial charge >= 0.3 is 0 Å². The molecule has 1 aliphatic heterocycles. The molecule has 148 valence electrons. The fourth-order valence-electron chi connectivity index (χ4n) is 3.43. The van der Waals surface area contributed by atoms with Crippen molar-refractivity contribution in [3.05, 3.63) is 113 Å². The Morgan fingerprint density at radius 3 is 2.00 bits per heavy atom. The molecule has 0 aliphatic carbocycles. The molecule has 3 heteroatoms. The van der Waals surface area contributed by atoms with Gasteiger partial charge in [0.25, 0.3) is 0 Å². The average molecular weight is 386 g/mol. The van der Waals surface area contributed by atoms with Gasteiger partial charge in [-0.3, -0.25) is 0 Å². The first-order chi connectivity index (χ1) is 14.4. The Bertz CT molecular complexity index is 891. The molecule has 3 aromatic carbocycles. The van der Waals surface area contributed by atoms with Gasteiger partial charge in [-0.15, -0.1) is 0 Å². The minimum atomic E-state index is -0.114. The van der Waals surface area contributed by atoms with E-state index < -0.39 is 0 Å². The second-order valence-corrected chi connectivity index (χ2v) is 7.22. The number of ether oxygens (including phenoxy) is 3. The summed E-state index contributed by atoms with van der Waals surface area (Å²) in [5.41, 5.74) is 3.46. The number of hydrogen-bond acceptors (Lipinski definition) is 3. The first-order valence-corrected chi connectivity index (χ1v) is 10.1. The van der Waals surface area contributed by atoms with Crippen molar-refractivity contribution in [1.82, 2.24) is 0 Å². The number of rotatable bonds is 8. The average Bonchev–Trinajstić information content (AvgIpc) is 3.16. The molecule has 0 aromatic heterocycles. The van der Waals surface area contributed by atoms with E-state index in [4.69, 9.17) is 14.2 Å². The van der Waals surface area contributed by atoms with Crippen LogP contribution >= 0.6 is 0 Å². The highest BCUT2D eigenvalue weighted by Gasteiger charge is 2.33. The van der Waals surface area contributed by atoms with Crippen LogP contribution in [0, 0.1) is 0 Å². The summed E-state index contributed by atoms with van der Waals surface area (Å²) in [5.74, 6) is 0.947. The molecule has 3 aromatic rings. The third-order valence-corrected chi connectivity index (χ3v) is 4.95. The van der Waals surface area contributed by atoms with Crippen LogP contribution in [-0.2, 0) is 27.4 Å². The number of hydrogen-bond donors (Lipinski definition) is 0. The second kappa shape index (κ2) is 10.1. The first kappa shape index (κ1) is 19.4. The van der Waals surface area contributed by atoms with E-state index in [9.17, 15) is 0 Å². The maximum atomic E-state index is 6.23. The molecule has 0 saturated carbocycles. The molecule has 3 nitrogen and oxygen atoms in total. The molecule has 1 fully saturated rings. The Morgan fingerprint density at radius 2 is 1.34 bits per heavy atom. The van der Waals surface area contributed by atoms with Gasteiger partial charge in [0, 0.05) is 6.42 Å². The predicted octanol–water partition coefficient (Wildman–Crippen LogP) is 5.62. The van der Waals surface area contributed by atoms with Crippen molar-refractivity contribution in [2.45, 2.75) is 31.8 Å². The summed E-state index contributed by atoms with van der Waals surface area (Å²) in [4.78, 5) is 0. The lowest BCUT2D eigenvalue weighted by Gasteiger charge is -2.19. The van der Waals surface area contributed by atoms with Gasteiger partial charge in [0.15, 0.2) is 0 Å². The molecule has 2 atom stereocenters. The smallest absolute Gasteiger partial charge is 0.148 e. The zero-order valence-corrected chi connectivity index (χ0v) is 16.4. The SMILES string of the molecule is C(=C1\C[C@H](OCc2ccccc2)[C@@H](COCc2ccccc2)O1)/c1ccccc1. The second-order valence-electron chi connectivity index (χ2n) is 7.22. The van der Waals surface area contributed by atoms with E-state index in [0.29, 0.717) is 19.8 Å². The highest BCUT2D eigenvalue weighted by atomic mass is 16.6. The van der Waals surface area contributed by atoms with E-state index >= 15 is 0 Å². The Hall–Kier alpha value is -2.88. The predicted molar refractivity (Wildman–Crippen MR) is 115 cm³/mol. The lowest BCUT2D eigenvalue weighted by atomic mass is 10.1. The summed E-state index contributed by atoms with van der Waals surface area (Å²) in [6.07, 6.45) is 2.70. The Labute approximate surface area is 172 Å². The van der Waals surface area contributed by atoms with Crippen molar-refractivity contribution >= 4 is 6.08 Å². The Morgan fingerprint density at radius 1 is 0.759 bits per heavy atom. The lowest BCUT2D eigenvalue weighted by Crippen LogP contribution is -2.29. The standard InChI is InChI=1S/C26H26O3/c1-4-10-21(11-5-1)16-24-17-25(28-19-23-14-8-3-9-15-23)26(29-24)20-27-18-22-12-6-2-7-13-22/h1-16,25-26H,17-20H2/b24-16-/t25-,26+/m0/s1. The summed E-state index contributed by atoms with van der Waals surface area (Å²) in [6, 6.07) is 30.7. The third kappa shape index (κ3) is 5.80. The minimum Gasteiger partial charge on any atom is -0.489 e. The van der Waals surface area contributed by atoms with Crippen molar-refractivity contribution in [2.24, 2.45) is 0 Å². The topological polar surface area (TPSA) is 27.7 Å². The number of benzene rings is 3. The zero-order valence-electron chi connectivity index (χ0n) is 16.4. The van der Waals surface area contributed by atoms with Crippen molar-refractivity contribution in [3.8, 4) is 0 Å². The van der Waals surface area contributed by atoms with Gasteiger partial charge in [-0.1, -0.05) is 91.0 Å². The molecule has 0 N–H and O–H groups in total. The van der Waals surface area contributed by atoms with Gasteiger partial charge in [0.05, 0.1) is 25.6 Å². The minimum absolute atomic E-state index is 0.0269. The molecule has 4 rings (SSSR count). The fourth-order valence-corrected chi connectivity index (χ4v) is 3.43. The van der Waals surface area contributed by atoms with Gasteiger partial charge in [-0.05, 0) is 22.8 Å². The normalized spacial score (nSPS) is 19.9. The summed E-state index contributed by atoms with van der Waals surface area (Å²) in [6.45, 7) is 1.65. The van der Waals surface area contributed by atoms with Crippen LogP contribution in [0.5, 0.6) is 0 Å². The summed E-state index contributed by atoms with van der Waals surface area (Å²) >= 11 is 0. The van der Waals surface area contributed by atoms with Crippen LogP contribution in [0.2, 0.25) is 0 Å². The van der Waals surface area contributed by atoms with E-state index in [0.717, 1.165) is 28.9 Å². The molecule has 0 bridgehead atoms. The monoisotopic (exact) mass is 386 g/mol. The van der Waals surface area contributed by atoms with Crippen molar-refractivity contribution in [1.29, 1.82) is 0 Å². The molecule has 29 heavy (non-hydrogen) atoms. The molecule has 0 spiro atoms. The van der Waals surface area contributed by atoms with Crippen LogP contribution in [-0.4, -0.2) is 18.8 Å². The quantitative estimate of drug-likeness (QED) is 0.503. The molecule has 0 unspecified atom stereocenters. The van der Waals surface area contributed by atoms with Crippen LogP contribution in [0.1, 0.15) is 23.1 Å². The van der Waals surface area contributed by atoms with Crippen LogP contribution in [0.25, 0.3) is 6.08 Å². The molecule has 1 heterocycles. The van der Waals surface area contributed by atoms with E-state index in [1.54, 1.807) is 0 Å². The molecule has 1 saturated heterocycles. The van der Waals surface area contributed by atoms with Gasteiger partial charge in [0.1, 0.15) is 12.2 Å². The van der Waals surface area contributed by atoms with Crippen LogP contribution in [0.4, 0.5) is 0 Å². The molecular weight excluding hydrogens is 360 g/mol.